The SMILES string of the molecule is CC(C)=CC(=O)Nc1cnn(CC(=O)O)c1. The smallest absolute Gasteiger partial charge is 0.325 e. The lowest BCUT2D eigenvalue weighted by molar-refractivity contribution is -0.137. The third-order valence-electron chi connectivity index (χ3n) is 1.62. The average molecular weight is 223 g/mol. The van der Waals surface area contributed by atoms with Crippen molar-refractivity contribution in [1.29, 1.82) is 0 Å². The Morgan fingerprint density at radius 3 is 2.81 bits per heavy atom. The second-order valence-corrected chi connectivity index (χ2v) is 3.53. The van der Waals surface area contributed by atoms with Crippen LogP contribution in [0.3, 0.4) is 0 Å². The van der Waals surface area contributed by atoms with Crippen molar-refractivity contribution in [3.05, 3.63) is 24.0 Å². The molecule has 0 aliphatic rings. The molecule has 0 radical (unpaired) electrons. The molecule has 16 heavy (non-hydrogen) atoms. The first-order valence-electron chi connectivity index (χ1n) is 4.67. The van der Waals surface area contributed by atoms with Gasteiger partial charge < -0.3 is 10.4 Å². The van der Waals surface area contributed by atoms with E-state index < -0.39 is 5.97 Å². The topological polar surface area (TPSA) is 84.2 Å². The normalized spacial score (nSPS) is 9.62. The first-order chi connectivity index (χ1) is 7.47. The molecule has 6 nitrogen and oxygen atoms in total. The summed E-state index contributed by atoms with van der Waals surface area (Å²) in [6, 6.07) is 0. The summed E-state index contributed by atoms with van der Waals surface area (Å²) in [4.78, 5) is 21.7. The fourth-order valence-corrected chi connectivity index (χ4v) is 1.09. The maximum Gasteiger partial charge on any atom is 0.325 e. The number of aromatic nitrogens is 2. The van der Waals surface area contributed by atoms with Crippen LogP contribution in [0.1, 0.15) is 13.8 Å². The number of carbonyl (C=O) groups is 2. The third kappa shape index (κ3) is 3.95. The zero-order chi connectivity index (χ0) is 12.1. The van der Waals surface area contributed by atoms with Crippen molar-refractivity contribution in [3.63, 3.8) is 0 Å². The van der Waals surface area contributed by atoms with Gasteiger partial charge >= 0.3 is 5.97 Å². The van der Waals surface area contributed by atoms with Crippen molar-refractivity contribution < 1.29 is 14.7 Å². The summed E-state index contributed by atoms with van der Waals surface area (Å²) in [6.45, 7) is 3.40. The lowest BCUT2D eigenvalue weighted by Crippen LogP contribution is -2.09. The van der Waals surface area contributed by atoms with Gasteiger partial charge in [0.1, 0.15) is 6.54 Å². The van der Waals surface area contributed by atoms with Gasteiger partial charge in [-0.25, -0.2) is 0 Å². The van der Waals surface area contributed by atoms with Crippen LogP contribution in [0.5, 0.6) is 0 Å². The first kappa shape index (κ1) is 12.0. The van der Waals surface area contributed by atoms with E-state index in [0.717, 1.165) is 5.57 Å². The van der Waals surface area contributed by atoms with E-state index in [9.17, 15) is 9.59 Å². The molecule has 1 aromatic rings. The van der Waals surface area contributed by atoms with Crippen molar-refractivity contribution >= 4 is 17.6 Å². The zero-order valence-corrected chi connectivity index (χ0v) is 9.10. The van der Waals surface area contributed by atoms with Crippen LogP contribution in [0.15, 0.2) is 24.0 Å². The first-order valence-corrected chi connectivity index (χ1v) is 4.67. The van der Waals surface area contributed by atoms with Gasteiger partial charge in [-0.3, -0.25) is 14.3 Å². The highest BCUT2D eigenvalue weighted by Crippen LogP contribution is 2.05. The van der Waals surface area contributed by atoms with E-state index in [0.29, 0.717) is 5.69 Å². The number of carbonyl (C=O) groups excluding carboxylic acids is 1. The number of nitrogens with one attached hydrogen (secondary N) is 1. The number of rotatable bonds is 4. The number of amides is 1. The largest absolute Gasteiger partial charge is 0.480 e. The van der Waals surface area contributed by atoms with Crippen molar-refractivity contribution in [1.82, 2.24) is 9.78 Å². The molecule has 0 aliphatic carbocycles. The Morgan fingerprint density at radius 1 is 1.56 bits per heavy atom. The van der Waals surface area contributed by atoms with Crippen LogP contribution in [0, 0.1) is 0 Å². The lowest BCUT2D eigenvalue weighted by Gasteiger charge is -1.97. The summed E-state index contributed by atoms with van der Waals surface area (Å²) in [5.74, 6) is -1.24. The number of carboxylic acid groups (broad SMARTS) is 1. The fraction of sp³-hybridized carbons (Fsp3) is 0.300. The molecule has 1 aromatic heterocycles. The highest BCUT2D eigenvalue weighted by atomic mass is 16.4. The summed E-state index contributed by atoms with van der Waals surface area (Å²) in [5.41, 5.74) is 1.36. The molecule has 0 saturated heterocycles. The predicted molar refractivity (Wildman–Crippen MR) is 57.9 cm³/mol. The Labute approximate surface area is 92.6 Å². The summed E-state index contributed by atoms with van der Waals surface area (Å²) < 4.78 is 1.24. The number of nitrogens with zero attached hydrogens (tertiary/aromatic N) is 2. The standard InChI is InChI=1S/C10H13N3O3/c1-7(2)3-9(14)12-8-4-11-13(5-8)6-10(15)16/h3-5H,6H2,1-2H3,(H,12,14)(H,15,16). The minimum atomic E-state index is -0.981. The molecule has 0 atom stereocenters. The van der Waals surface area contributed by atoms with E-state index >= 15 is 0 Å². The van der Waals surface area contributed by atoms with Crippen molar-refractivity contribution in [3.8, 4) is 0 Å². The quantitative estimate of drug-likeness (QED) is 0.742. The molecule has 1 heterocycles. The van der Waals surface area contributed by atoms with Crippen LogP contribution in [0.4, 0.5) is 5.69 Å². The van der Waals surface area contributed by atoms with Gasteiger partial charge in [0.25, 0.3) is 0 Å². The Morgan fingerprint density at radius 2 is 2.25 bits per heavy atom. The van der Waals surface area contributed by atoms with Gasteiger partial charge in [0, 0.05) is 12.3 Å². The van der Waals surface area contributed by atoms with Crippen molar-refractivity contribution in [2.45, 2.75) is 20.4 Å². The van der Waals surface area contributed by atoms with Gasteiger partial charge in [0.05, 0.1) is 11.9 Å². The molecule has 0 spiro atoms. The number of anilines is 1. The van der Waals surface area contributed by atoms with Crippen molar-refractivity contribution in [2.75, 3.05) is 5.32 Å². The Bertz CT molecular complexity index is 430. The van der Waals surface area contributed by atoms with Crippen LogP contribution in [-0.4, -0.2) is 26.8 Å². The molecule has 86 valence electrons. The Hall–Kier alpha value is -2.11. The molecule has 0 aromatic carbocycles. The highest BCUT2D eigenvalue weighted by Gasteiger charge is 2.04. The van der Waals surface area contributed by atoms with Gasteiger partial charge in [-0.05, 0) is 13.8 Å². The van der Waals surface area contributed by atoms with Crippen LogP contribution < -0.4 is 5.32 Å². The molecular formula is C10H13N3O3. The fourth-order valence-electron chi connectivity index (χ4n) is 1.09. The third-order valence-corrected chi connectivity index (χ3v) is 1.62. The molecule has 2 N–H and O–H groups in total. The minimum Gasteiger partial charge on any atom is -0.480 e. The number of allylic oxidation sites excluding steroid dienone is 1. The second-order valence-electron chi connectivity index (χ2n) is 3.53. The molecular weight excluding hydrogens is 210 g/mol. The van der Waals surface area contributed by atoms with E-state index in [1.165, 1.54) is 23.2 Å². The van der Waals surface area contributed by atoms with Gasteiger partial charge in [-0.1, -0.05) is 5.57 Å². The van der Waals surface area contributed by atoms with Crippen LogP contribution in [-0.2, 0) is 16.1 Å². The van der Waals surface area contributed by atoms with Gasteiger partial charge in [0.15, 0.2) is 0 Å². The maximum atomic E-state index is 11.3. The molecule has 6 heteroatoms. The monoisotopic (exact) mass is 223 g/mol. The summed E-state index contributed by atoms with van der Waals surface area (Å²) in [6.07, 6.45) is 4.32. The number of hydrogen-bond acceptors (Lipinski definition) is 3. The molecule has 1 rings (SSSR count). The van der Waals surface area contributed by atoms with Crippen LogP contribution in [0.2, 0.25) is 0 Å². The molecule has 0 bridgehead atoms. The Kier molecular flexibility index (Phi) is 3.82. The van der Waals surface area contributed by atoms with E-state index in [4.69, 9.17) is 5.11 Å². The number of hydrogen-bond donors (Lipinski definition) is 2. The number of carboxylic acids is 1. The maximum absolute atomic E-state index is 11.3. The lowest BCUT2D eigenvalue weighted by atomic mass is 10.3. The predicted octanol–water partition coefficient (Wildman–Crippen LogP) is 0.872. The van der Waals surface area contributed by atoms with E-state index in [1.807, 2.05) is 13.8 Å². The summed E-state index contributed by atoms with van der Waals surface area (Å²) in [5, 5.41) is 14.9. The highest BCUT2D eigenvalue weighted by molar-refractivity contribution is 5.99. The van der Waals surface area contributed by atoms with Gasteiger partial charge in [-0.2, -0.15) is 5.10 Å². The van der Waals surface area contributed by atoms with E-state index in [1.54, 1.807) is 0 Å². The van der Waals surface area contributed by atoms with E-state index in [2.05, 4.69) is 10.4 Å². The van der Waals surface area contributed by atoms with E-state index in [-0.39, 0.29) is 12.5 Å². The van der Waals surface area contributed by atoms with Crippen LogP contribution in [0.25, 0.3) is 0 Å². The molecule has 0 unspecified atom stereocenters. The zero-order valence-electron chi connectivity index (χ0n) is 9.10. The number of aliphatic carboxylic acids is 1. The molecule has 0 aliphatic heterocycles. The average Bonchev–Trinajstić information content (AvgIpc) is 2.49. The molecule has 0 fully saturated rings. The summed E-state index contributed by atoms with van der Waals surface area (Å²) in [7, 11) is 0. The molecule has 1 amide bonds. The summed E-state index contributed by atoms with van der Waals surface area (Å²) >= 11 is 0. The second kappa shape index (κ2) is 5.11. The molecule has 0 saturated carbocycles. The van der Waals surface area contributed by atoms with Crippen LogP contribution >= 0.6 is 0 Å². The van der Waals surface area contributed by atoms with Crippen molar-refractivity contribution in [2.24, 2.45) is 0 Å². The van der Waals surface area contributed by atoms with Gasteiger partial charge in [0.2, 0.25) is 5.91 Å². The van der Waals surface area contributed by atoms with Gasteiger partial charge in [-0.15, -0.1) is 0 Å². The Balaban J connectivity index is 2.62. The minimum absolute atomic E-state index is 0.224.